The van der Waals surface area contributed by atoms with Crippen molar-refractivity contribution in [1.82, 2.24) is 20.0 Å². The van der Waals surface area contributed by atoms with Crippen molar-refractivity contribution in [3.63, 3.8) is 0 Å². The number of hydrogen-bond donors (Lipinski definition) is 2. The normalized spacial score (nSPS) is 12.0. The van der Waals surface area contributed by atoms with E-state index in [0.717, 1.165) is 12.0 Å². The van der Waals surface area contributed by atoms with Gasteiger partial charge in [0.1, 0.15) is 0 Å². The summed E-state index contributed by atoms with van der Waals surface area (Å²) in [6.45, 7) is 4.37. The molecule has 1 atom stereocenters. The lowest BCUT2D eigenvalue weighted by atomic mass is 10.1. The quantitative estimate of drug-likeness (QED) is 0.639. The largest absolute Gasteiger partial charge is 0.349 e. The van der Waals surface area contributed by atoms with Crippen molar-refractivity contribution in [1.29, 1.82) is 0 Å². The predicted molar refractivity (Wildman–Crippen MR) is 110 cm³/mol. The highest BCUT2D eigenvalue weighted by atomic mass is 35.5. The van der Waals surface area contributed by atoms with E-state index >= 15 is 0 Å². The predicted octanol–water partition coefficient (Wildman–Crippen LogP) is 3.49. The number of hydrogen-bond acceptors (Lipinski definition) is 3. The molecule has 0 saturated heterocycles. The summed E-state index contributed by atoms with van der Waals surface area (Å²) in [6.07, 6.45) is 3.19. The third kappa shape index (κ3) is 4.51. The third-order valence-electron chi connectivity index (χ3n) is 4.54. The van der Waals surface area contributed by atoms with Crippen LogP contribution in [0.1, 0.15) is 46.9 Å². The summed E-state index contributed by atoms with van der Waals surface area (Å²) in [5.41, 5.74) is 1.89. The lowest BCUT2D eigenvalue weighted by Gasteiger charge is -2.09. The topological polar surface area (TPSA) is 75.5 Å². The number of benzene rings is 1. The van der Waals surface area contributed by atoms with Gasteiger partial charge in [0.05, 0.1) is 5.52 Å². The van der Waals surface area contributed by atoms with Crippen LogP contribution in [0, 0.1) is 0 Å². The van der Waals surface area contributed by atoms with Gasteiger partial charge in [-0.15, -0.1) is 0 Å². The van der Waals surface area contributed by atoms with Gasteiger partial charge in [-0.3, -0.25) is 14.0 Å². The fraction of sp³-hybridized carbons (Fsp3) is 0.286. The number of carbonyl (C=O) groups is 2. The molecule has 0 fully saturated rings. The first-order valence-electron chi connectivity index (χ1n) is 9.30. The molecule has 146 valence electrons. The van der Waals surface area contributed by atoms with E-state index in [4.69, 9.17) is 11.6 Å². The van der Waals surface area contributed by atoms with E-state index in [1.165, 1.54) is 0 Å². The molecule has 3 aromatic rings. The first-order valence-corrected chi connectivity index (χ1v) is 9.68. The number of carbonyl (C=O) groups excluding carboxylic acids is 2. The highest BCUT2D eigenvalue weighted by molar-refractivity contribution is 6.30. The number of nitrogens with zero attached hydrogens (tertiary/aromatic N) is 2. The molecule has 2 heterocycles. The van der Waals surface area contributed by atoms with Gasteiger partial charge in [0.15, 0.2) is 5.69 Å². The molecule has 0 spiro atoms. The highest BCUT2D eigenvalue weighted by Gasteiger charge is 2.21. The number of aromatic nitrogens is 2. The Kier molecular flexibility index (Phi) is 6.31. The first kappa shape index (κ1) is 19.9. The molecule has 1 aromatic carbocycles. The molecule has 0 radical (unpaired) electrons. The van der Waals surface area contributed by atoms with Crippen LogP contribution in [0.25, 0.3) is 5.52 Å². The van der Waals surface area contributed by atoms with E-state index in [0.29, 0.717) is 23.5 Å². The van der Waals surface area contributed by atoms with Gasteiger partial charge in [-0.25, -0.2) is 4.98 Å². The van der Waals surface area contributed by atoms with Crippen LogP contribution in [0.5, 0.6) is 0 Å². The van der Waals surface area contributed by atoms with Crippen LogP contribution in [0.4, 0.5) is 0 Å². The molecule has 0 aliphatic rings. The third-order valence-corrected chi connectivity index (χ3v) is 4.78. The van der Waals surface area contributed by atoms with Gasteiger partial charge in [-0.1, -0.05) is 36.7 Å². The molecular weight excluding hydrogens is 376 g/mol. The van der Waals surface area contributed by atoms with Crippen LogP contribution in [-0.2, 0) is 6.42 Å². The van der Waals surface area contributed by atoms with Crippen LogP contribution < -0.4 is 10.6 Å². The number of pyridine rings is 1. The zero-order valence-corrected chi connectivity index (χ0v) is 16.7. The molecule has 0 aliphatic carbocycles. The number of halogens is 1. The Bertz CT molecular complexity index is 999. The van der Waals surface area contributed by atoms with Gasteiger partial charge in [0.25, 0.3) is 11.8 Å². The van der Waals surface area contributed by atoms with E-state index in [1.54, 1.807) is 22.7 Å². The average Bonchev–Trinajstić information content (AvgIpc) is 3.08. The maximum Gasteiger partial charge on any atom is 0.287 e. The van der Waals surface area contributed by atoms with E-state index in [2.05, 4.69) is 15.6 Å². The Morgan fingerprint density at radius 1 is 1.18 bits per heavy atom. The van der Waals surface area contributed by atoms with Crippen LogP contribution in [0.2, 0.25) is 5.02 Å². The lowest BCUT2D eigenvalue weighted by Crippen LogP contribution is -2.32. The average molecular weight is 399 g/mol. The smallest absolute Gasteiger partial charge is 0.287 e. The number of fused-ring (bicyclic) bond motifs is 1. The maximum absolute atomic E-state index is 12.7. The molecule has 7 heteroatoms. The number of rotatable bonds is 7. The molecule has 3 rings (SSSR count). The lowest BCUT2D eigenvalue weighted by molar-refractivity contribution is 0.0936. The molecule has 2 aromatic heterocycles. The molecule has 1 unspecified atom stereocenters. The van der Waals surface area contributed by atoms with E-state index < -0.39 is 0 Å². The summed E-state index contributed by atoms with van der Waals surface area (Å²) in [4.78, 5) is 29.6. The Hall–Kier alpha value is -2.86. The van der Waals surface area contributed by atoms with Gasteiger partial charge in [0.2, 0.25) is 5.82 Å². The minimum atomic E-state index is -0.328. The summed E-state index contributed by atoms with van der Waals surface area (Å²) < 4.78 is 1.64. The SMILES string of the molecule is CCC(C)NC(=O)c1nc(C(=O)NCCc2cccc(Cl)c2)n2ccccc12. The van der Waals surface area contributed by atoms with Crippen LogP contribution in [0.15, 0.2) is 48.7 Å². The van der Waals surface area contributed by atoms with E-state index in [9.17, 15) is 9.59 Å². The molecule has 0 bridgehead atoms. The standard InChI is InChI=1S/C21H23ClN4O2/c1-3-14(2)24-20(27)18-17-9-4-5-12-26(17)19(25-18)21(28)23-11-10-15-7-6-8-16(22)13-15/h4-9,12-14H,3,10-11H2,1-2H3,(H,23,28)(H,24,27). The molecule has 2 N–H and O–H groups in total. The number of nitrogens with one attached hydrogen (secondary N) is 2. The van der Waals surface area contributed by atoms with E-state index in [-0.39, 0.29) is 29.4 Å². The molecule has 2 amide bonds. The maximum atomic E-state index is 12.7. The van der Waals surface area contributed by atoms with Crippen LogP contribution in [-0.4, -0.2) is 33.8 Å². The van der Waals surface area contributed by atoms with Crippen molar-refractivity contribution < 1.29 is 9.59 Å². The highest BCUT2D eigenvalue weighted by Crippen LogP contribution is 2.14. The first-order chi connectivity index (χ1) is 13.5. The van der Waals surface area contributed by atoms with Gasteiger partial charge in [-0.05, 0) is 49.6 Å². The second-order valence-corrected chi connectivity index (χ2v) is 7.09. The molecule has 6 nitrogen and oxygen atoms in total. The molecular formula is C21H23ClN4O2. The summed E-state index contributed by atoms with van der Waals surface area (Å²) in [6, 6.07) is 12.9. The zero-order valence-electron chi connectivity index (χ0n) is 15.9. The minimum Gasteiger partial charge on any atom is -0.349 e. The minimum absolute atomic E-state index is 0.0305. The second-order valence-electron chi connectivity index (χ2n) is 6.66. The Labute approximate surface area is 168 Å². The van der Waals surface area contributed by atoms with Crippen molar-refractivity contribution in [3.05, 3.63) is 70.8 Å². The zero-order chi connectivity index (χ0) is 20.1. The van der Waals surface area contributed by atoms with Gasteiger partial charge >= 0.3 is 0 Å². The Morgan fingerprint density at radius 2 is 2.00 bits per heavy atom. The Morgan fingerprint density at radius 3 is 2.75 bits per heavy atom. The van der Waals surface area contributed by atoms with Gasteiger partial charge in [-0.2, -0.15) is 0 Å². The summed E-state index contributed by atoms with van der Waals surface area (Å²) >= 11 is 5.99. The summed E-state index contributed by atoms with van der Waals surface area (Å²) in [7, 11) is 0. The molecule has 0 aliphatic heterocycles. The van der Waals surface area contributed by atoms with Crippen molar-refractivity contribution in [3.8, 4) is 0 Å². The molecule has 28 heavy (non-hydrogen) atoms. The fourth-order valence-electron chi connectivity index (χ4n) is 2.85. The van der Waals surface area contributed by atoms with Crippen molar-refractivity contribution in [2.24, 2.45) is 0 Å². The van der Waals surface area contributed by atoms with Crippen LogP contribution in [0.3, 0.4) is 0 Å². The Balaban J connectivity index is 1.76. The fourth-order valence-corrected chi connectivity index (χ4v) is 3.06. The van der Waals surface area contributed by atoms with Gasteiger partial charge < -0.3 is 10.6 Å². The van der Waals surface area contributed by atoms with Crippen molar-refractivity contribution in [2.75, 3.05) is 6.54 Å². The monoisotopic (exact) mass is 398 g/mol. The summed E-state index contributed by atoms with van der Waals surface area (Å²) in [5, 5.41) is 6.43. The molecule has 0 saturated carbocycles. The number of amides is 2. The van der Waals surface area contributed by atoms with Crippen LogP contribution >= 0.6 is 11.6 Å². The summed E-state index contributed by atoms with van der Waals surface area (Å²) in [5.74, 6) is -0.419. The number of imidazole rings is 1. The van der Waals surface area contributed by atoms with Gasteiger partial charge in [0, 0.05) is 23.8 Å². The van der Waals surface area contributed by atoms with E-state index in [1.807, 2.05) is 44.2 Å². The second kappa shape index (κ2) is 8.89. The van der Waals surface area contributed by atoms with Crippen molar-refractivity contribution >= 4 is 28.9 Å². The van der Waals surface area contributed by atoms with Crippen molar-refractivity contribution in [2.45, 2.75) is 32.7 Å².